The van der Waals surface area contributed by atoms with E-state index in [0.29, 0.717) is 0 Å². The highest BCUT2D eigenvalue weighted by molar-refractivity contribution is 5.45. The van der Waals surface area contributed by atoms with Gasteiger partial charge in [0.05, 0.1) is 11.7 Å². The summed E-state index contributed by atoms with van der Waals surface area (Å²) in [7, 11) is 0. The van der Waals surface area contributed by atoms with E-state index in [1.807, 2.05) is 52.1 Å². The average molecular weight is 272 g/mol. The molecule has 0 bridgehead atoms. The van der Waals surface area contributed by atoms with Gasteiger partial charge in [-0.05, 0) is 38.1 Å². The molecule has 0 saturated carbocycles. The van der Waals surface area contributed by atoms with Gasteiger partial charge < -0.3 is 5.32 Å². The number of hydrogen-bond donors (Lipinski definition) is 1. The smallest absolute Gasteiger partial charge is 0.0657 e. The van der Waals surface area contributed by atoms with Gasteiger partial charge in [-0.3, -0.25) is 4.98 Å². The Bertz CT molecular complexity index is 435. The van der Waals surface area contributed by atoms with Crippen LogP contribution in [0.15, 0.2) is 48.7 Å². The lowest BCUT2D eigenvalue weighted by Crippen LogP contribution is -2.07. The number of hydrogen-bond acceptors (Lipinski definition) is 2. The first-order chi connectivity index (χ1) is 9.75. The lowest BCUT2D eigenvalue weighted by molar-refractivity contribution is 0.839. The van der Waals surface area contributed by atoms with E-state index in [1.54, 1.807) is 0 Å². The number of rotatable bonds is 3. The first kappa shape index (κ1) is 18.2. The summed E-state index contributed by atoms with van der Waals surface area (Å²) in [5.74, 6) is 0. The second-order valence-electron chi connectivity index (χ2n) is 3.99. The number of benzene rings is 1. The van der Waals surface area contributed by atoms with E-state index >= 15 is 0 Å². The van der Waals surface area contributed by atoms with Crippen molar-refractivity contribution in [1.29, 1.82) is 0 Å². The molecule has 2 rings (SSSR count). The second-order valence-corrected chi connectivity index (χ2v) is 3.99. The Kier molecular flexibility index (Phi) is 10.0. The van der Waals surface area contributed by atoms with Crippen LogP contribution >= 0.6 is 0 Å². The third kappa shape index (κ3) is 6.37. The molecule has 0 aliphatic carbocycles. The maximum Gasteiger partial charge on any atom is 0.0657 e. The summed E-state index contributed by atoms with van der Waals surface area (Å²) in [6.07, 6.45) is 1.82. The van der Waals surface area contributed by atoms with Crippen LogP contribution in [0.3, 0.4) is 0 Å². The molecule has 1 unspecified atom stereocenters. The Hall–Kier alpha value is -1.83. The van der Waals surface area contributed by atoms with Crippen LogP contribution in [0.2, 0.25) is 0 Å². The Morgan fingerprint density at radius 3 is 2.00 bits per heavy atom. The molecule has 0 aliphatic heterocycles. The van der Waals surface area contributed by atoms with Crippen molar-refractivity contribution in [3.05, 3.63) is 59.9 Å². The van der Waals surface area contributed by atoms with E-state index in [4.69, 9.17) is 0 Å². The lowest BCUT2D eigenvalue weighted by Gasteiger charge is -2.14. The molecular weight excluding hydrogens is 244 g/mol. The summed E-state index contributed by atoms with van der Waals surface area (Å²) in [6.45, 7) is 12.2. The highest BCUT2D eigenvalue weighted by atomic mass is 14.9. The number of pyridine rings is 1. The largest absolute Gasteiger partial charge is 0.377 e. The molecule has 0 radical (unpaired) electrons. The van der Waals surface area contributed by atoms with E-state index < -0.39 is 0 Å². The summed E-state index contributed by atoms with van der Waals surface area (Å²) >= 11 is 0. The number of aromatic nitrogens is 1. The average Bonchev–Trinajstić information content (AvgIpc) is 2.54. The Morgan fingerprint density at radius 1 is 0.900 bits per heavy atom. The molecule has 0 saturated heterocycles. The van der Waals surface area contributed by atoms with Gasteiger partial charge in [0.1, 0.15) is 0 Å². The first-order valence-corrected chi connectivity index (χ1v) is 7.50. The molecule has 1 aromatic carbocycles. The van der Waals surface area contributed by atoms with Crippen molar-refractivity contribution < 1.29 is 0 Å². The van der Waals surface area contributed by atoms with Gasteiger partial charge in [0.15, 0.2) is 0 Å². The van der Waals surface area contributed by atoms with Gasteiger partial charge in [0.2, 0.25) is 0 Å². The quantitative estimate of drug-likeness (QED) is 0.785. The van der Waals surface area contributed by atoms with Crippen molar-refractivity contribution >= 4 is 5.69 Å². The standard InChI is InChI=1S/C14H16N2.2C2H6/c1-11-6-8-13(9-7-11)16-12(2)14-5-3-4-10-15-14;2*1-2/h3-10,12,16H,1-2H3;2*1-2H3. The summed E-state index contributed by atoms with van der Waals surface area (Å²) in [5, 5.41) is 3.42. The van der Waals surface area contributed by atoms with Gasteiger partial charge in [-0.2, -0.15) is 0 Å². The number of nitrogens with one attached hydrogen (secondary N) is 1. The normalized spacial score (nSPS) is 10.3. The lowest BCUT2D eigenvalue weighted by atomic mass is 10.2. The molecule has 1 aromatic heterocycles. The maximum atomic E-state index is 4.33. The first-order valence-electron chi connectivity index (χ1n) is 7.50. The minimum absolute atomic E-state index is 0.226. The summed E-state index contributed by atoms with van der Waals surface area (Å²) < 4.78 is 0. The molecule has 110 valence electrons. The minimum atomic E-state index is 0.226. The molecule has 1 heterocycles. The molecule has 0 spiro atoms. The molecule has 2 heteroatoms. The van der Waals surface area contributed by atoms with Crippen molar-refractivity contribution in [2.75, 3.05) is 5.32 Å². The van der Waals surface area contributed by atoms with Gasteiger partial charge in [0.25, 0.3) is 0 Å². The van der Waals surface area contributed by atoms with Crippen LogP contribution in [0, 0.1) is 6.92 Å². The maximum absolute atomic E-state index is 4.33. The molecule has 2 nitrogen and oxygen atoms in total. The van der Waals surface area contributed by atoms with Gasteiger partial charge in [-0.1, -0.05) is 51.5 Å². The highest BCUT2D eigenvalue weighted by Crippen LogP contribution is 2.17. The van der Waals surface area contributed by atoms with Crippen LogP contribution < -0.4 is 5.32 Å². The van der Waals surface area contributed by atoms with Crippen molar-refractivity contribution in [2.45, 2.75) is 47.6 Å². The minimum Gasteiger partial charge on any atom is -0.377 e. The van der Waals surface area contributed by atoms with Crippen molar-refractivity contribution in [3.8, 4) is 0 Å². The Labute approximate surface area is 124 Å². The van der Waals surface area contributed by atoms with Crippen LogP contribution in [0.25, 0.3) is 0 Å². The Balaban J connectivity index is 0.000000829. The van der Waals surface area contributed by atoms with Crippen LogP contribution in [0.1, 0.15) is 51.9 Å². The predicted octanol–water partition coefficient (Wildman–Crippen LogP) is 5.62. The van der Waals surface area contributed by atoms with E-state index in [9.17, 15) is 0 Å². The van der Waals surface area contributed by atoms with Crippen molar-refractivity contribution in [1.82, 2.24) is 4.98 Å². The fourth-order valence-corrected chi connectivity index (χ4v) is 1.61. The summed E-state index contributed by atoms with van der Waals surface area (Å²) in [4.78, 5) is 4.33. The van der Waals surface area contributed by atoms with Gasteiger partial charge in [0, 0.05) is 11.9 Å². The molecule has 1 atom stereocenters. The molecule has 0 fully saturated rings. The van der Waals surface area contributed by atoms with Crippen molar-refractivity contribution in [2.24, 2.45) is 0 Å². The van der Waals surface area contributed by atoms with Crippen molar-refractivity contribution in [3.63, 3.8) is 0 Å². The Morgan fingerprint density at radius 2 is 1.50 bits per heavy atom. The summed E-state index contributed by atoms with van der Waals surface area (Å²) in [5.41, 5.74) is 3.46. The van der Waals surface area contributed by atoms with Gasteiger partial charge in [-0.15, -0.1) is 0 Å². The molecule has 2 aromatic rings. The van der Waals surface area contributed by atoms with E-state index in [1.165, 1.54) is 5.56 Å². The van der Waals surface area contributed by atoms with Crippen LogP contribution in [0.5, 0.6) is 0 Å². The number of aryl methyl sites for hydroxylation is 1. The zero-order chi connectivity index (χ0) is 15.4. The topological polar surface area (TPSA) is 24.9 Å². The highest BCUT2D eigenvalue weighted by Gasteiger charge is 2.04. The van der Waals surface area contributed by atoms with Crippen LogP contribution in [0.4, 0.5) is 5.69 Å². The third-order valence-corrected chi connectivity index (χ3v) is 2.57. The predicted molar refractivity (Wildman–Crippen MR) is 90.1 cm³/mol. The second kappa shape index (κ2) is 11.0. The molecular formula is C18H28N2. The van der Waals surface area contributed by atoms with Gasteiger partial charge in [-0.25, -0.2) is 0 Å². The fourth-order valence-electron chi connectivity index (χ4n) is 1.61. The number of anilines is 1. The molecule has 20 heavy (non-hydrogen) atoms. The van der Waals surface area contributed by atoms with E-state index in [-0.39, 0.29) is 6.04 Å². The van der Waals surface area contributed by atoms with Crippen LogP contribution in [-0.2, 0) is 0 Å². The zero-order valence-electron chi connectivity index (χ0n) is 13.6. The van der Waals surface area contributed by atoms with Gasteiger partial charge >= 0.3 is 0 Å². The SMILES string of the molecule is CC.CC.Cc1ccc(NC(C)c2ccccn2)cc1. The summed E-state index contributed by atoms with van der Waals surface area (Å²) in [6, 6.07) is 14.6. The zero-order valence-corrected chi connectivity index (χ0v) is 13.6. The van der Waals surface area contributed by atoms with Crippen LogP contribution in [-0.4, -0.2) is 4.98 Å². The van der Waals surface area contributed by atoms with E-state index in [0.717, 1.165) is 11.4 Å². The van der Waals surface area contributed by atoms with E-state index in [2.05, 4.69) is 48.4 Å². The molecule has 1 N–H and O–H groups in total. The fraction of sp³-hybridized carbons (Fsp3) is 0.389. The third-order valence-electron chi connectivity index (χ3n) is 2.57. The number of nitrogens with zero attached hydrogens (tertiary/aromatic N) is 1. The monoisotopic (exact) mass is 272 g/mol. The molecule has 0 amide bonds. The molecule has 0 aliphatic rings.